The summed E-state index contributed by atoms with van der Waals surface area (Å²) in [4.78, 5) is 20.1. The second-order valence-electron chi connectivity index (χ2n) is 14.3. The standard InChI is InChI=1S/C48H45BrN6O3/c1-4-7-28-42-50-40(19-5-2)44(47(56)57-6-3)54(42)32-33-29-30-41-39(31-33)43(49)45(58-41)37-26-17-18-27-38(37)46-51-53-55(52-46)48(34-20-11-8-12-21-34,35-22-13-9-14-23-35)36-24-15-10-16-25-36/h8-18,20-27,29-31H,4-7,19,28,32H2,1-3H3. The molecule has 5 aromatic carbocycles. The predicted molar refractivity (Wildman–Crippen MR) is 231 cm³/mol. The van der Waals surface area contributed by atoms with Gasteiger partial charge >= 0.3 is 5.97 Å². The fraction of sp³-hybridized carbons (Fsp3) is 0.229. The molecule has 0 saturated carbocycles. The Kier molecular flexibility index (Phi) is 11.5. The van der Waals surface area contributed by atoms with Gasteiger partial charge in [0.1, 0.15) is 17.2 Å². The average molecular weight is 834 g/mol. The Labute approximate surface area is 346 Å². The average Bonchev–Trinajstić information content (AvgIpc) is 3.98. The first-order valence-electron chi connectivity index (χ1n) is 20.0. The number of ether oxygens (including phenoxy) is 1. The van der Waals surface area contributed by atoms with E-state index in [0.717, 1.165) is 86.0 Å². The van der Waals surface area contributed by atoms with Crippen molar-refractivity contribution in [1.29, 1.82) is 0 Å². The van der Waals surface area contributed by atoms with Gasteiger partial charge in [-0.2, -0.15) is 0 Å². The molecule has 3 heterocycles. The Morgan fingerprint density at radius 2 is 1.38 bits per heavy atom. The van der Waals surface area contributed by atoms with Crippen LogP contribution in [-0.4, -0.2) is 42.3 Å². The van der Waals surface area contributed by atoms with Crippen molar-refractivity contribution in [3.8, 4) is 22.7 Å². The molecule has 58 heavy (non-hydrogen) atoms. The van der Waals surface area contributed by atoms with Crippen molar-refractivity contribution in [3.63, 3.8) is 0 Å². The topological polar surface area (TPSA) is 101 Å². The summed E-state index contributed by atoms with van der Waals surface area (Å²) in [5, 5.41) is 15.6. The van der Waals surface area contributed by atoms with Crippen molar-refractivity contribution in [2.45, 2.75) is 65.0 Å². The fourth-order valence-electron chi connectivity index (χ4n) is 7.88. The zero-order chi connectivity index (χ0) is 40.1. The molecule has 10 heteroatoms. The van der Waals surface area contributed by atoms with Crippen LogP contribution in [0.15, 0.2) is 142 Å². The van der Waals surface area contributed by atoms with E-state index in [2.05, 4.69) is 82.9 Å². The molecule has 0 N–H and O–H groups in total. The minimum Gasteiger partial charge on any atom is -0.461 e. The van der Waals surface area contributed by atoms with Crippen LogP contribution < -0.4 is 0 Å². The molecule has 0 amide bonds. The number of esters is 1. The van der Waals surface area contributed by atoms with E-state index in [-0.39, 0.29) is 5.97 Å². The lowest BCUT2D eigenvalue weighted by molar-refractivity contribution is 0.0512. The van der Waals surface area contributed by atoms with Gasteiger partial charge in [-0.1, -0.05) is 148 Å². The van der Waals surface area contributed by atoms with Crippen molar-refractivity contribution >= 4 is 32.9 Å². The van der Waals surface area contributed by atoms with Gasteiger partial charge in [-0.25, -0.2) is 9.78 Å². The van der Waals surface area contributed by atoms with Crippen LogP contribution in [0.3, 0.4) is 0 Å². The number of halogens is 1. The van der Waals surface area contributed by atoms with Gasteiger partial charge in [0.25, 0.3) is 0 Å². The summed E-state index contributed by atoms with van der Waals surface area (Å²) in [6, 6.07) is 45.1. The summed E-state index contributed by atoms with van der Waals surface area (Å²) in [7, 11) is 0. The van der Waals surface area contributed by atoms with Gasteiger partial charge in [0.2, 0.25) is 5.82 Å². The monoisotopic (exact) mass is 832 g/mol. The number of nitrogens with zero attached hydrogens (tertiary/aromatic N) is 6. The second-order valence-corrected chi connectivity index (χ2v) is 15.1. The molecule has 8 rings (SSSR count). The maximum Gasteiger partial charge on any atom is 0.356 e. The molecule has 0 saturated heterocycles. The normalized spacial score (nSPS) is 11.7. The van der Waals surface area contributed by atoms with E-state index in [1.165, 1.54) is 0 Å². The SMILES string of the molecule is CCCCc1nc(CCC)c(C(=O)OCC)n1Cc1ccc2oc(-c3ccccc3-c3nnn(C(c4ccccc4)(c4ccccc4)c4ccccc4)n3)c(Br)c2c1. The number of carbonyl (C=O) groups is 1. The molecule has 8 aromatic rings. The summed E-state index contributed by atoms with van der Waals surface area (Å²) in [6.45, 7) is 6.88. The zero-order valence-electron chi connectivity index (χ0n) is 32.9. The van der Waals surface area contributed by atoms with Crippen molar-refractivity contribution in [2.24, 2.45) is 0 Å². The molecule has 0 fully saturated rings. The number of benzene rings is 5. The van der Waals surface area contributed by atoms with Crippen LogP contribution in [-0.2, 0) is 29.7 Å². The molecule has 0 radical (unpaired) electrons. The van der Waals surface area contributed by atoms with Gasteiger partial charge in [0.05, 0.1) is 16.8 Å². The number of tetrazole rings is 1. The highest BCUT2D eigenvalue weighted by Gasteiger charge is 2.41. The van der Waals surface area contributed by atoms with Crippen LogP contribution in [0, 0.1) is 0 Å². The third-order valence-corrected chi connectivity index (χ3v) is 11.3. The minimum absolute atomic E-state index is 0.303. The van der Waals surface area contributed by atoms with Crippen molar-refractivity contribution < 1.29 is 13.9 Å². The second kappa shape index (κ2) is 17.2. The van der Waals surface area contributed by atoms with E-state index in [4.69, 9.17) is 29.5 Å². The molecular formula is C48H45BrN6O3. The highest BCUT2D eigenvalue weighted by Crippen LogP contribution is 2.43. The first kappa shape index (κ1) is 38.7. The van der Waals surface area contributed by atoms with Gasteiger partial charge in [-0.05, 0) is 75.3 Å². The first-order valence-corrected chi connectivity index (χ1v) is 20.8. The molecule has 292 valence electrons. The fourth-order valence-corrected chi connectivity index (χ4v) is 8.49. The molecule has 0 aliphatic carbocycles. The number of aromatic nitrogens is 6. The van der Waals surface area contributed by atoms with Crippen LogP contribution in [0.5, 0.6) is 0 Å². The largest absolute Gasteiger partial charge is 0.461 e. The third kappa shape index (κ3) is 7.17. The number of fused-ring (bicyclic) bond motifs is 1. The molecule has 0 atom stereocenters. The third-order valence-electron chi connectivity index (χ3n) is 10.6. The van der Waals surface area contributed by atoms with Crippen LogP contribution >= 0.6 is 15.9 Å². The summed E-state index contributed by atoms with van der Waals surface area (Å²) in [5.74, 6) is 1.70. The van der Waals surface area contributed by atoms with E-state index in [9.17, 15) is 4.79 Å². The zero-order valence-corrected chi connectivity index (χ0v) is 34.5. The summed E-state index contributed by atoms with van der Waals surface area (Å²) in [5.41, 5.74) is 6.79. The molecule has 3 aromatic heterocycles. The van der Waals surface area contributed by atoms with E-state index in [0.29, 0.717) is 36.9 Å². The number of carbonyl (C=O) groups excluding carboxylic acids is 1. The Morgan fingerprint density at radius 1 is 0.759 bits per heavy atom. The lowest BCUT2D eigenvalue weighted by Gasteiger charge is -2.34. The molecule has 0 aliphatic rings. The van der Waals surface area contributed by atoms with Crippen molar-refractivity contribution in [2.75, 3.05) is 6.61 Å². The lowest BCUT2D eigenvalue weighted by Crippen LogP contribution is -2.39. The highest BCUT2D eigenvalue weighted by atomic mass is 79.9. The van der Waals surface area contributed by atoms with E-state index in [1.807, 2.05) is 91.9 Å². The Morgan fingerprint density at radius 3 is 1.98 bits per heavy atom. The number of hydrogen-bond acceptors (Lipinski definition) is 7. The predicted octanol–water partition coefficient (Wildman–Crippen LogP) is 11.1. The summed E-state index contributed by atoms with van der Waals surface area (Å²) < 4.78 is 15.0. The Hall–Kier alpha value is -6.13. The van der Waals surface area contributed by atoms with Crippen LogP contribution in [0.25, 0.3) is 33.7 Å². The van der Waals surface area contributed by atoms with Gasteiger partial charge in [0, 0.05) is 29.5 Å². The number of rotatable bonds is 15. The molecule has 0 aliphatic heterocycles. The number of imidazole rings is 1. The Bertz CT molecular complexity index is 2550. The number of aryl methyl sites for hydroxylation is 2. The molecule has 0 unspecified atom stereocenters. The smallest absolute Gasteiger partial charge is 0.356 e. The molecular weight excluding hydrogens is 788 g/mol. The van der Waals surface area contributed by atoms with E-state index >= 15 is 0 Å². The summed E-state index contributed by atoms with van der Waals surface area (Å²) in [6.07, 6.45) is 4.39. The van der Waals surface area contributed by atoms with Gasteiger partial charge in [-0.3, -0.25) is 0 Å². The number of hydrogen-bond donors (Lipinski definition) is 0. The molecule has 0 bridgehead atoms. The Balaban J connectivity index is 1.21. The van der Waals surface area contributed by atoms with Crippen LogP contribution in [0.4, 0.5) is 0 Å². The number of unbranched alkanes of at least 4 members (excludes halogenated alkanes) is 1. The maximum atomic E-state index is 13.4. The highest BCUT2D eigenvalue weighted by molar-refractivity contribution is 9.10. The summed E-state index contributed by atoms with van der Waals surface area (Å²) >= 11 is 3.93. The van der Waals surface area contributed by atoms with Gasteiger partial charge < -0.3 is 13.7 Å². The van der Waals surface area contributed by atoms with Crippen LogP contribution in [0.2, 0.25) is 0 Å². The van der Waals surface area contributed by atoms with Gasteiger partial charge in [-0.15, -0.1) is 15.0 Å². The minimum atomic E-state index is -0.906. The maximum absolute atomic E-state index is 13.4. The van der Waals surface area contributed by atoms with Crippen molar-refractivity contribution in [3.05, 3.63) is 177 Å². The van der Waals surface area contributed by atoms with Crippen molar-refractivity contribution in [1.82, 2.24) is 29.8 Å². The van der Waals surface area contributed by atoms with Crippen LogP contribution in [0.1, 0.15) is 84.3 Å². The van der Waals surface area contributed by atoms with E-state index in [1.54, 1.807) is 4.80 Å². The quantitative estimate of drug-likeness (QED) is 0.0749. The number of furan rings is 1. The molecule has 0 spiro atoms. The van der Waals surface area contributed by atoms with Gasteiger partial charge in [0.15, 0.2) is 11.2 Å². The first-order chi connectivity index (χ1) is 28.5. The van der Waals surface area contributed by atoms with E-state index < -0.39 is 5.54 Å². The lowest BCUT2D eigenvalue weighted by atomic mass is 9.77. The molecule has 9 nitrogen and oxygen atoms in total.